The van der Waals surface area contributed by atoms with Gasteiger partial charge in [-0.25, -0.2) is 9.98 Å². The minimum atomic E-state index is -0.314. The Kier molecular flexibility index (Phi) is 6.55. The normalized spacial score (nSPS) is 14.4. The molecule has 164 valence electrons. The monoisotopic (exact) mass is 449 g/mol. The maximum atomic E-state index is 12.8. The molecule has 0 bridgehead atoms. The number of carbonyl (C=O) groups excluding carboxylic acids is 2. The van der Waals surface area contributed by atoms with E-state index in [0.717, 1.165) is 16.0 Å². The third-order valence-electron chi connectivity index (χ3n) is 5.03. The molecule has 2 heterocycles. The molecule has 2 atom stereocenters. The van der Waals surface area contributed by atoms with Crippen LogP contribution >= 0.6 is 11.9 Å². The smallest absolute Gasteiger partial charge is 0.287 e. The number of benzene rings is 2. The highest BCUT2D eigenvalue weighted by Gasteiger charge is 2.23. The van der Waals surface area contributed by atoms with E-state index in [9.17, 15) is 9.59 Å². The molecule has 2 amide bonds. The molecule has 0 saturated carbocycles. The molecule has 2 aromatic carbocycles. The number of aromatic nitrogens is 1. The van der Waals surface area contributed by atoms with Gasteiger partial charge in [-0.05, 0) is 42.1 Å². The van der Waals surface area contributed by atoms with Crippen LogP contribution in [0.5, 0.6) is 0 Å². The number of carbonyl (C=O) groups is 2. The molecule has 1 aromatic heterocycles. The van der Waals surface area contributed by atoms with Gasteiger partial charge < -0.3 is 19.8 Å². The van der Waals surface area contributed by atoms with Crippen molar-refractivity contribution in [1.29, 1.82) is 0 Å². The Labute approximate surface area is 190 Å². The van der Waals surface area contributed by atoms with E-state index in [1.54, 1.807) is 6.20 Å². The molecule has 0 fully saturated rings. The van der Waals surface area contributed by atoms with E-state index in [-0.39, 0.29) is 29.6 Å². The van der Waals surface area contributed by atoms with Crippen molar-refractivity contribution in [2.24, 2.45) is 4.99 Å². The van der Waals surface area contributed by atoms with E-state index in [1.165, 1.54) is 25.1 Å². The molecular formula is C23H23N5O3S. The largest absolute Gasteiger partial charge is 0.448 e. The number of nitrogens with zero attached hydrogens (tertiary/aromatic N) is 2. The average molecular weight is 450 g/mol. The van der Waals surface area contributed by atoms with E-state index in [0.29, 0.717) is 18.1 Å². The second kappa shape index (κ2) is 9.69. The van der Waals surface area contributed by atoms with Crippen LogP contribution in [-0.4, -0.2) is 29.2 Å². The standard InChI is InChI=1S/C23H23N5O3S/c1-14(26-15(2)29)17-8-9-19-20(12-17)32-28-21(27-19)22(30)25-13-18(23-24-10-11-31-23)16-6-4-3-5-7-16/h3-12,14,18H,13H2,1-2H3,(H,25,30)(H,26,29)(H,27,28). The second-order valence-electron chi connectivity index (χ2n) is 7.36. The van der Waals surface area contributed by atoms with Crippen LogP contribution in [0.3, 0.4) is 0 Å². The summed E-state index contributed by atoms with van der Waals surface area (Å²) < 4.78 is 8.50. The van der Waals surface area contributed by atoms with Crippen molar-refractivity contribution in [2.45, 2.75) is 30.7 Å². The van der Waals surface area contributed by atoms with Gasteiger partial charge in [-0.2, -0.15) is 0 Å². The first-order chi connectivity index (χ1) is 15.5. The lowest BCUT2D eigenvalue weighted by Crippen LogP contribution is -2.40. The van der Waals surface area contributed by atoms with Gasteiger partial charge in [-0.1, -0.05) is 36.4 Å². The van der Waals surface area contributed by atoms with Crippen LogP contribution in [0.25, 0.3) is 0 Å². The predicted octanol–water partition coefficient (Wildman–Crippen LogP) is 3.46. The van der Waals surface area contributed by atoms with Gasteiger partial charge in [0.2, 0.25) is 17.6 Å². The fourth-order valence-corrected chi connectivity index (χ4v) is 4.18. The van der Waals surface area contributed by atoms with Crippen molar-refractivity contribution >= 4 is 35.3 Å². The first kappa shape index (κ1) is 21.6. The molecule has 32 heavy (non-hydrogen) atoms. The number of nitrogens with one attached hydrogen (secondary N) is 3. The molecule has 2 unspecified atom stereocenters. The highest BCUT2D eigenvalue weighted by molar-refractivity contribution is 7.98. The Morgan fingerprint density at radius 3 is 2.69 bits per heavy atom. The van der Waals surface area contributed by atoms with Crippen molar-refractivity contribution < 1.29 is 14.0 Å². The summed E-state index contributed by atoms with van der Waals surface area (Å²) in [5.74, 6) is 0.153. The number of aliphatic imine (C=N–C) groups is 1. The Morgan fingerprint density at radius 2 is 1.97 bits per heavy atom. The molecule has 3 aromatic rings. The molecule has 4 rings (SSSR count). The van der Waals surface area contributed by atoms with Gasteiger partial charge in [-0.15, -0.1) is 0 Å². The number of amides is 2. The van der Waals surface area contributed by atoms with Gasteiger partial charge in [0.25, 0.3) is 5.91 Å². The second-order valence-corrected chi connectivity index (χ2v) is 8.21. The molecule has 1 aliphatic rings. The van der Waals surface area contributed by atoms with E-state index in [4.69, 9.17) is 4.42 Å². The molecular weight excluding hydrogens is 426 g/mol. The van der Waals surface area contributed by atoms with Crippen LogP contribution in [0.1, 0.15) is 42.8 Å². The van der Waals surface area contributed by atoms with Crippen molar-refractivity contribution in [3.05, 3.63) is 78.0 Å². The predicted molar refractivity (Wildman–Crippen MR) is 123 cm³/mol. The van der Waals surface area contributed by atoms with Crippen molar-refractivity contribution in [3.8, 4) is 0 Å². The minimum Gasteiger partial charge on any atom is -0.448 e. The number of fused-ring (bicyclic) bond motifs is 1. The molecule has 1 aliphatic heterocycles. The Balaban J connectivity index is 1.46. The first-order valence-electron chi connectivity index (χ1n) is 10.2. The summed E-state index contributed by atoms with van der Waals surface area (Å²) in [4.78, 5) is 33.7. The lowest BCUT2D eigenvalue weighted by molar-refractivity contribution is -0.119. The number of oxazole rings is 1. The van der Waals surface area contributed by atoms with Crippen LogP contribution in [0.4, 0.5) is 5.69 Å². The summed E-state index contributed by atoms with van der Waals surface area (Å²) >= 11 is 1.32. The maximum absolute atomic E-state index is 12.8. The highest BCUT2D eigenvalue weighted by atomic mass is 32.2. The maximum Gasteiger partial charge on any atom is 0.287 e. The fraction of sp³-hybridized carbons (Fsp3) is 0.217. The van der Waals surface area contributed by atoms with Gasteiger partial charge in [0.1, 0.15) is 6.26 Å². The lowest BCUT2D eigenvalue weighted by atomic mass is 9.99. The van der Waals surface area contributed by atoms with Crippen LogP contribution < -0.4 is 15.4 Å². The van der Waals surface area contributed by atoms with Gasteiger partial charge in [-0.3, -0.25) is 9.59 Å². The summed E-state index contributed by atoms with van der Waals surface area (Å²) in [5.41, 5.74) is 2.66. The minimum absolute atomic E-state index is 0.0865. The van der Waals surface area contributed by atoms with Crippen molar-refractivity contribution in [3.63, 3.8) is 0 Å². The van der Waals surface area contributed by atoms with Crippen molar-refractivity contribution in [2.75, 3.05) is 6.54 Å². The van der Waals surface area contributed by atoms with Gasteiger partial charge in [0.15, 0.2) is 0 Å². The van der Waals surface area contributed by atoms with Gasteiger partial charge in [0.05, 0.1) is 28.7 Å². The Hall–Kier alpha value is -3.59. The summed E-state index contributed by atoms with van der Waals surface area (Å²) in [6, 6.07) is 15.4. The van der Waals surface area contributed by atoms with E-state index in [2.05, 4.69) is 25.3 Å². The highest BCUT2D eigenvalue weighted by Crippen LogP contribution is 2.33. The molecule has 0 aliphatic carbocycles. The van der Waals surface area contributed by atoms with E-state index >= 15 is 0 Å². The summed E-state index contributed by atoms with van der Waals surface area (Å²) in [6.45, 7) is 3.72. The summed E-state index contributed by atoms with van der Waals surface area (Å²) in [7, 11) is 0. The molecule has 9 heteroatoms. The number of rotatable bonds is 7. The SMILES string of the molecule is CC(=O)NC(C)c1ccc2c(c1)SNC(C(=O)NCC(c1ccccc1)c1ncco1)=N2. The third kappa shape index (κ3) is 5.00. The third-order valence-corrected chi connectivity index (χ3v) is 5.87. The van der Waals surface area contributed by atoms with E-state index in [1.807, 2.05) is 55.5 Å². The molecule has 0 spiro atoms. The molecule has 8 nitrogen and oxygen atoms in total. The zero-order chi connectivity index (χ0) is 22.5. The number of hydrogen-bond donors (Lipinski definition) is 3. The number of amidine groups is 1. The average Bonchev–Trinajstić information content (AvgIpc) is 3.33. The summed E-state index contributed by atoms with van der Waals surface area (Å²) in [5, 5.41) is 5.79. The Morgan fingerprint density at radius 1 is 1.16 bits per heavy atom. The van der Waals surface area contributed by atoms with Crippen LogP contribution in [0.15, 0.2) is 75.3 Å². The molecule has 3 N–H and O–H groups in total. The van der Waals surface area contributed by atoms with Crippen LogP contribution in [-0.2, 0) is 9.59 Å². The van der Waals surface area contributed by atoms with Crippen LogP contribution in [0, 0.1) is 0 Å². The Bertz CT molecular complexity index is 1130. The topological polar surface area (TPSA) is 109 Å². The molecule has 0 saturated heterocycles. The fourth-order valence-electron chi connectivity index (χ4n) is 3.42. The van der Waals surface area contributed by atoms with Gasteiger partial charge >= 0.3 is 0 Å². The zero-order valence-corrected chi connectivity index (χ0v) is 18.5. The number of hydrogen-bond acceptors (Lipinski definition) is 7. The first-order valence-corrected chi connectivity index (χ1v) is 11.0. The summed E-state index contributed by atoms with van der Waals surface area (Å²) in [6.07, 6.45) is 3.11. The van der Waals surface area contributed by atoms with Gasteiger partial charge in [0, 0.05) is 13.5 Å². The van der Waals surface area contributed by atoms with Crippen molar-refractivity contribution in [1.82, 2.24) is 20.3 Å². The lowest BCUT2D eigenvalue weighted by Gasteiger charge is -2.20. The van der Waals surface area contributed by atoms with E-state index < -0.39 is 0 Å². The quantitative estimate of drug-likeness (QED) is 0.477. The zero-order valence-electron chi connectivity index (χ0n) is 17.7. The van der Waals surface area contributed by atoms with Crippen LogP contribution in [0.2, 0.25) is 0 Å². The molecule has 0 radical (unpaired) electrons.